The molecule has 0 aliphatic heterocycles. The van der Waals surface area contributed by atoms with Gasteiger partial charge in [-0.25, -0.2) is 4.79 Å². The van der Waals surface area contributed by atoms with Crippen molar-refractivity contribution < 1.29 is 14.3 Å². The Kier molecular flexibility index (Phi) is 4.88. The Morgan fingerprint density at radius 1 is 1.27 bits per heavy atom. The van der Waals surface area contributed by atoms with Gasteiger partial charge in [-0.15, -0.1) is 0 Å². The molecule has 0 radical (unpaired) electrons. The van der Waals surface area contributed by atoms with Crippen LogP contribution in [0.5, 0.6) is 0 Å². The zero-order chi connectivity index (χ0) is 16.3. The van der Waals surface area contributed by atoms with Crippen molar-refractivity contribution >= 4 is 29.2 Å². The van der Waals surface area contributed by atoms with Gasteiger partial charge in [0, 0.05) is 24.0 Å². The van der Waals surface area contributed by atoms with Crippen LogP contribution in [0.1, 0.15) is 23.0 Å². The van der Waals surface area contributed by atoms with Crippen molar-refractivity contribution in [3.63, 3.8) is 0 Å². The maximum Gasteiger partial charge on any atom is 0.355 e. The molecule has 1 amide bonds. The third kappa shape index (κ3) is 3.49. The Labute approximate surface area is 133 Å². The second-order valence-corrected chi connectivity index (χ2v) is 5.36. The number of aromatic nitrogens is 1. The van der Waals surface area contributed by atoms with Gasteiger partial charge in [0.15, 0.2) is 6.10 Å². The first-order valence-corrected chi connectivity index (χ1v) is 7.16. The minimum Gasteiger partial charge on any atom is -0.448 e. The van der Waals surface area contributed by atoms with E-state index in [0.29, 0.717) is 16.4 Å². The lowest BCUT2D eigenvalue weighted by atomic mass is 10.2. The third-order valence-corrected chi connectivity index (χ3v) is 3.74. The molecule has 22 heavy (non-hydrogen) atoms. The van der Waals surface area contributed by atoms with Gasteiger partial charge >= 0.3 is 5.97 Å². The van der Waals surface area contributed by atoms with Gasteiger partial charge in [-0.1, -0.05) is 17.7 Å². The predicted octanol–water partition coefficient (Wildman–Crippen LogP) is 3.17. The first-order chi connectivity index (χ1) is 10.4. The number of nitrogens with zero attached hydrogens (tertiary/aromatic N) is 1. The molecular weight excluding hydrogens is 304 g/mol. The molecule has 2 aromatic rings. The van der Waals surface area contributed by atoms with Crippen molar-refractivity contribution in [2.75, 3.05) is 5.32 Å². The molecule has 5 nitrogen and oxygen atoms in total. The van der Waals surface area contributed by atoms with Gasteiger partial charge in [0.2, 0.25) is 0 Å². The number of benzene rings is 1. The minimum atomic E-state index is -0.916. The molecule has 1 aromatic heterocycles. The van der Waals surface area contributed by atoms with Crippen LogP contribution in [0.4, 0.5) is 5.69 Å². The van der Waals surface area contributed by atoms with Gasteiger partial charge < -0.3 is 14.6 Å². The van der Waals surface area contributed by atoms with Crippen LogP contribution in [0.2, 0.25) is 5.02 Å². The highest BCUT2D eigenvalue weighted by molar-refractivity contribution is 6.31. The van der Waals surface area contributed by atoms with E-state index in [0.717, 1.165) is 5.56 Å². The van der Waals surface area contributed by atoms with Gasteiger partial charge in [0.1, 0.15) is 5.69 Å². The van der Waals surface area contributed by atoms with E-state index in [-0.39, 0.29) is 0 Å². The number of anilines is 1. The van der Waals surface area contributed by atoms with Crippen LogP contribution < -0.4 is 5.32 Å². The molecule has 6 heteroatoms. The summed E-state index contributed by atoms with van der Waals surface area (Å²) in [6, 6.07) is 8.59. The summed E-state index contributed by atoms with van der Waals surface area (Å²) in [5.74, 6) is -0.953. The van der Waals surface area contributed by atoms with Crippen molar-refractivity contribution in [2.45, 2.75) is 20.0 Å². The average molecular weight is 321 g/mol. The smallest absolute Gasteiger partial charge is 0.355 e. The maximum absolute atomic E-state index is 12.1. The highest BCUT2D eigenvalue weighted by Gasteiger charge is 2.21. The van der Waals surface area contributed by atoms with Crippen LogP contribution in [0.15, 0.2) is 36.5 Å². The van der Waals surface area contributed by atoms with Crippen LogP contribution in [0.3, 0.4) is 0 Å². The number of halogens is 1. The van der Waals surface area contributed by atoms with Crippen molar-refractivity contribution in [3.8, 4) is 0 Å². The van der Waals surface area contributed by atoms with Crippen LogP contribution in [-0.2, 0) is 16.6 Å². The Morgan fingerprint density at radius 3 is 2.64 bits per heavy atom. The summed E-state index contributed by atoms with van der Waals surface area (Å²) in [6.07, 6.45) is 0.817. The van der Waals surface area contributed by atoms with Gasteiger partial charge in [0.05, 0.1) is 0 Å². The molecule has 1 aromatic carbocycles. The van der Waals surface area contributed by atoms with E-state index >= 15 is 0 Å². The first kappa shape index (κ1) is 16.1. The fourth-order valence-electron chi connectivity index (χ4n) is 1.92. The first-order valence-electron chi connectivity index (χ1n) is 6.78. The summed E-state index contributed by atoms with van der Waals surface area (Å²) < 4.78 is 6.81. The molecule has 0 bridgehead atoms. The monoisotopic (exact) mass is 320 g/mol. The van der Waals surface area contributed by atoms with E-state index < -0.39 is 18.0 Å². The zero-order valence-electron chi connectivity index (χ0n) is 12.6. The summed E-state index contributed by atoms with van der Waals surface area (Å²) in [4.78, 5) is 24.1. The highest BCUT2D eigenvalue weighted by Crippen LogP contribution is 2.23. The van der Waals surface area contributed by atoms with Crippen LogP contribution in [0, 0.1) is 6.92 Å². The quantitative estimate of drug-likeness (QED) is 0.880. The summed E-state index contributed by atoms with van der Waals surface area (Å²) in [6.45, 7) is 3.33. The number of carbonyl (C=O) groups is 2. The van der Waals surface area contributed by atoms with E-state index in [4.69, 9.17) is 16.3 Å². The van der Waals surface area contributed by atoms with Gasteiger partial charge in [0.25, 0.3) is 5.91 Å². The molecule has 116 valence electrons. The fourth-order valence-corrected chi connectivity index (χ4v) is 2.10. The van der Waals surface area contributed by atoms with Gasteiger partial charge in [-0.3, -0.25) is 4.79 Å². The second-order valence-electron chi connectivity index (χ2n) is 4.95. The summed E-state index contributed by atoms with van der Waals surface area (Å²) >= 11 is 6.01. The van der Waals surface area contributed by atoms with Crippen molar-refractivity contribution in [1.82, 2.24) is 4.57 Å². The number of hydrogen-bond donors (Lipinski definition) is 1. The maximum atomic E-state index is 12.1. The third-order valence-electron chi connectivity index (χ3n) is 3.33. The highest BCUT2D eigenvalue weighted by atomic mass is 35.5. The second kappa shape index (κ2) is 6.66. The Morgan fingerprint density at radius 2 is 2.00 bits per heavy atom. The minimum absolute atomic E-state index is 0.388. The van der Waals surface area contributed by atoms with Gasteiger partial charge in [-0.05, 0) is 43.7 Å². The summed E-state index contributed by atoms with van der Waals surface area (Å²) in [7, 11) is 1.73. The lowest BCUT2D eigenvalue weighted by molar-refractivity contribution is -0.123. The van der Waals surface area contributed by atoms with E-state index in [9.17, 15) is 9.59 Å². The number of ether oxygens (including phenoxy) is 1. The van der Waals surface area contributed by atoms with E-state index in [1.165, 1.54) is 6.92 Å². The predicted molar refractivity (Wildman–Crippen MR) is 85.1 cm³/mol. The molecule has 0 saturated heterocycles. The number of hydrogen-bond acceptors (Lipinski definition) is 3. The lowest BCUT2D eigenvalue weighted by Crippen LogP contribution is -2.30. The largest absolute Gasteiger partial charge is 0.448 e. The van der Waals surface area contributed by atoms with Gasteiger partial charge in [-0.2, -0.15) is 0 Å². The molecule has 1 atom stereocenters. The van der Waals surface area contributed by atoms with Crippen molar-refractivity contribution in [1.29, 1.82) is 0 Å². The standard InChI is InChI=1S/C16H17ClN2O3/c1-10-12(17)6-4-7-13(10)18-15(20)11(2)22-16(21)14-8-5-9-19(14)3/h4-9,11H,1-3H3,(H,18,20)/t11-/m1/s1. The molecule has 2 rings (SSSR count). The lowest BCUT2D eigenvalue weighted by Gasteiger charge is -2.15. The van der Waals surface area contributed by atoms with E-state index in [1.54, 1.807) is 55.1 Å². The van der Waals surface area contributed by atoms with E-state index in [2.05, 4.69) is 5.32 Å². The molecule has 0 spiro atoms. The Balaban J connectivity index is 2.02. The number of nitrogens with one attached hydrogen (secondary N) is 1. The summed E-state index contributed by atoms with van der Waals surface area (Å²) in [5, 5.41) is 3.27. The number of carbonyl (C=O) groups excluding carboxylic acids is 2. The normalized spacial score (nSPS) is 11.8. The molecule has 1 heterocycles. The number of rotatable bonds is 4. The summed E-state index contributed by atoms with van der Waals surface area (Å²) in [5.41, 5.74) is 1.75. The Hall–Kier alpha value is -2.27. The van der Waals surface area contributed by atoms with Crippen molar-refractivity contribution in [2.24, 2.45) is 7.05 Å². The molecule has 0 fully saturated rings. The average Bonchev–Trinajstić information content (AvgIpc) is 2.90. The zero-order valence-corrected chi connectivity index (χ0v) is 13.3. The molecule has 0 unspecified atom stereocenters. The van der Waals surface area contributed by atoms with E-state index in [1.807, 2.05) is 0 Å². The Bertz CT molecular complexity index is 709. The van der Waals surface area contributed by atoms with Crippen LogP contribution >= 0.6 is 11.6 Å². The molecular formula is C16H17ClN2O3. The van der Waals surface area contributed by atoms with Crippen molar-refractivity contribution in [3.05, 3.63) is 52.8 Å². The topological polar surface area (TPSA) is 60.3 Å². The molecule has 0 saturated carbocycles. The number of amides is 1. The molecule has 0 aliphatic rings. The molecule has 0 aliphatic carbocycles. The number of aryl methyl sites for hydroxylation is 1. The fraction of sp³-hybridized carbons (Fsp3) is 0.250. The molecule has 1 N–H and O–H groups in total. The number of esters is 1. The SMILES string of the molecule is Cc1c(Cl)cccc1NC(=O)[C@@H](C)OC(=O)c1cccn1C. The van der Waals surface area contributed by atoms with Crippen LogP contribution in [0.25, 0.3) is 0 Å². The van der Waals surface area contributed by atoms with Crippen LogP contribution in [-0.4, -0.2) is 22.5 Å².